The highest BCUT2D eigenvalue weighted by Gasteiger charge is 2.37. The number of rotatable bonds is 1. The number of fused-ring (bicyclic) bond motifs is 2. The van der Waals surface area contributed by atoms with Gasteiger partial charge in [-0.2, -0.15) is 0 Å². The Morgan fingerprint density at radius 1 is 0.900 bits per heavy atom. The Morgan fingerprint density at radius 3 is 2.00 bits per heavy atom. The van der Waals surface area contributed by atoms with E-state index in [4.69, 9.17) is 0 Å². The van der Waals surface area contributed by atoms with Crippen molar-refractivity contribution in [2.75, 3.05) is 16.8 Å². The van der Waals surface area contributed by atoms with E-state index in [9.17, 15) is 28.0 Å². The number of likely N-dealkylation sites (N-methyl/N-ethyl adjacent to an activating group) is 1. The van der Waals surface area contributed by atoms with Crippen molar-refractivity contribution in [2.24, 2.45) is 0 Å². The van der Waals surface area contributed by atoms with Gasteiger partial charge >= 0.3 is 0 Å². The molecule has 2 aliphatic heterocycles. The van der Waals surface area contributed by atoms with Crippen LogP contribution < -0.4 is 10.2 Å². The van der Waals surface area contributed by atoms with Crippen molar-refractivity contribution in [1.29, 1.82) is 0 Å². The van der Waals surface area contributed by atoms with Crippen LogP contribution in [0.2, 0.25) is 0 Å². The number of anilines is 2. The van der Waals surface area contributed by atoms with Crippen molar-refractivity contribution in [2.45, 2.75) is 20.8 Å². The molecule has 2 amide bonds. The second kappa shape index (κ2) is 7.99. The lowest BCUT2D eigenvalue weighted by atomic mass is 10.1. The molecule has 0 aliphatic carbocycles. The topological polar surface area (TPSA) is 83.6 Å². The Bertz CT molecular complexity index is 1160. The summed E-state index contributed by atoms with van der Waals surface area (Å²) >= 11 is 6.14. The highest BCUT2D eigenvalue weighted by atomic mass is 79.9. The van der Waals surface area contributed by atoms with Crippen LogP contribution in [-0.2, 0) is 9.59 Å². The first-order valence-corrected chi connectivity index (χ1v) is 10.3. The van der Waals surface area contributed by atoms with E-state index in [1.54, 1.807) is 20.8 Å². The molecule has 0 radical (unpaired) electrons. The molecule has 0 aromatic heterocycles. The van der Waals surface area contributed by atoms with Crippen molar-refractivity contribution in [3.05, 3.63) is 55.0 Å². The van der Waals surface area contributed by atoms with Gasteiger partial charge in [-0.15, -0.1) is 0 Å². The molecule has 2 aliphatic rings. The molecule has 2 heterocycles. The third kappa shape index (κ3) is 3.37. The highest BCUT2D eigenvalue weighted by molar-refractivity contribution is 9.10. The maximum atomic E-state index is 13.4. The Hall–Kier alpha value is -2.46. The van der Waals surface area contributed by atoms with Crippen LogP contribution >= 0.6 is 31.9 Å². The minimum atomic E-state index is -0.708. The van der Waals surface area contributed by atoms with Gasteiger partial charge in [-0.05, 0) is 75.9 Å². The van der Waals surface area contributed by atoms with E-state index in [0.717, 1.165) is 12.1 Å². The predicted molar refractivity (Wildman–Crippen MR) is 113 cm³/mol. The van der Waals surface area contributed by atoms with Crippen LogP contribution in [0.15, 0.2) is 21.1 Å². The average molecular weight is 544 g/mol. The van der Waals surface area contributed by atoms with Crippen LogP contribution in [0.4, 0.5) is 20.2 Å². The number of amides is 2. The normalized spacial score (nSPS) is 14.4. The van der Waals surface area contributed by atoms with Crippen molar-refractivity contribution in [3.63, 3.8) is 0 Å². The summed E-state index contributed by atoms with van der Waals surface area (Å²) in [5.41, 5.74) is 2.28. The molecule has 0 atom stereocenters. The van der Waals surface area contributed by atoms with Gasteiger partial charge in [0.1, 0.15) is 11.6 Å². The number of carbonyl (C=O) groups excluding carboxylic acids is 4. The zero-order valence-corrected chi connectivity index (χ0v) is 19.1. The molecule has 2 aromatic rings. The number of halogens is 4. The number of hydrogen-bond donors (Lipinski definition) is 1. The van der Waals surface area contributed by atoms with Crippen LogP contribution in [0.25, 0.3) is 0 Å². The quantitative estimate of drug-likeness (QED) is 0.538. The summed E-state index contributed by atoms with van der Waals surface area (Å²) < 4.78 is 27.2. The molecule has 156 valence electrons. The number of hydrogen-bond acceptors (Lipinski definition) is 4. The van der Waals surface area contributed by atoms with Crippen molar-refractivity contribution < 1.29 is 28.0 Å². The number of ketones is 2. The zero-order chi connectivity index (χ0) is 22.5. The van der Waals surface area contributed by atoms with Gasteiger partial charge in [0.25, 0.3) is 23.4 Å². The fourth-order valence-corrected chi connectivity index (χ4v) is 3.91. The SMILES string of the molecule is CCN1C(=O)C(=O)c2cc(F)c(Br)c(C)c21.Cc1c(Br)c(F)cc2c1NC(=O)C2=O. The second-order valence-corrected chi connectivity index (χ2v) is 8.16. The summed E-state index contributed by atoms with van der Waals surface area (Å²) in [6, 6.07) is 2.18. The molecule has 10 heteroatoms. The Kier molecular flexibility index (Phi) is 5.92. The van der Waals surface area contributed by atoms with Crippen LogP contribution in [0, 0.1) is 25.5 Å². The predicted octanol–water partition coefficient (Wildman–Crippen LogP) is 4.48. The molecule has 4 rings (SSSR count). The maximum Gasteiger partial charge on any atom is 0.299 e. The lowest BCUT2D eigenvalue weighted by molar-refractivity contribution is -0.114. The highest BCUT2D eigenvalue weighted by Crippen LogP contribution is 2.37. The standard InChI is InChI=1S/C11H9BrFNO2.C9H5BrFNO2/c1-3-14-9-5(2)8(12)7(13)4-6(9)10(15)11(14)16;1-3-6(10)5(11)2-4-7(3)12-9(14)8(4)13/h4H,3H2,1-2H3;2H,1H3,(H,12,13,14). The van der Waals surface area contributed by atoms with Gasteiger partial charge in [-0.3, -0.25) is 19.2 Å². The molecule has 2 aromatic carbocycles. The van der Waals surface area contributed by atoms with Gasteiger partial charge in [0.05, 0.1) is 31.4 Å². The minimum absolute atomic E-state index is 0.105. The fraction of sp³-hybridized carbons (Fsp3) is 0.200. The molecule has 0 unspecified atom stereocenters. The van der Waals surface area contributed by atoms with Crippen LogP contribution in [0.5, 0.6) is 0 Å². The first-order chi connectivity index (χ1) is 14.0. The number of benzene rings is 2. The van der Waals surface area contributed by atoms with E-state index < -0.39 is 35.0 Å². The van der Waals surface area contributed by atoms with Crippen LogP contribution in [0.1, 0.15) is 38.8 Å². The first-order valence-electron chi connectivity index (χ1n) is 8.70. The average Bonchev–Trinajstić information content (AvgIpc) is 3.13. The third-order valence-electron chi connectivity index (χ3n) is 4.83. The van der Waals surface area contributed by atoms with Crippen molar-refractivity contribution in [3.8, 4) is 0 Å². The fourth-order valence-electron chi connectivity index (χ4n) is 3.29. The molecule has 0 spiro atoms. The molecule has 1 N–H and O–H groups in total. The van der Waals surface area contributed by atoms with E-state index >= 15 is 0 Å². The van der Waals surface area contributed by atoms with Crippen molar-refractivity contribution in [1.82, 2.24) is 0 Å². The van der Waals surface area contributed by atoms with Crippen LogP contribution in [-0.4, -0.2) is 29.9 Å². The van der Waals surface area contributed by atoms with Gasteiger partial charge in [-0.25, -0.2) is 8.78 Å². The molecule has 0 saturated carbocycles. The largest absolute Gasteiger partial charge is 0.318 e. The molecular formula is C20H14Br2F2N2O4. The number of nitrogens with zero attached hydrogens (tertiary/aromatic N) is 1. The van der Waals surface area contributed by atoms with E-state index in [-0.39, 0.29) is 15.6 Å². The van der Waals surface area contributed by atoms with E-state index in [1.807, 2.05) is 0 Å². The summed E-state index contributed by atoms with van der Waals surface area (Å²) in [5, 5.41) is 2.40. The smallest absolute Gasteiger partial charge is 0.299 e. The number of Topliss-reactive ketones (excluding diaryl/α,β-unsaturated/α-hetero) is 2. The monoisotopic (exact) mass is 542 g/mol. The molecular weight excluding hydrogens is 530 g/mol. The molecule has 0 bridgehead atoms. The Labute approximate surface area is 186 Å². The maximum absolute atomic E-state index is 13.4. The number of nitrogens with one attached hydrogen (secondary N) is 1. The Morgan fingerprint density at radius 2 is 1.43 bits per heavy atom. The second-order valence-electron chi connectivity index (χ2n) is 6.58. The third-order valence-corrected chi connectivity index (χ3v) is 6.78. The minimum Gasteiger partial charge on any atom is -0.318 e. The van der Waals surface area contributed by atoms with Crippen LogP contribution in [0.3, 0.4) is 0 Å². The van der Waals surface area contributed by atoms with Gasteiger partial charge in [-0.1, -0.05) is 0 Å². The summed E-state index contributed by atoms with van der Waals surface area (Å²) in [7, 11) is 0. The lowest BCUT2D eigenvalue weighted by Crippen LogP contribution is -2.29. The number of carbonyl (C=O) groups is 4. The summed E-state index contributed by atoms with van der Waals surface area (Å²) in [4.78, 5) is 46.8. The lowest BCUT2D eigenvalue weighted by Gasteiger charge is -2.16. The van der Waals surface area contributed by atoms with E-state index in [1.165, 1.54) is 4.90 Å². The van der Waals surface area contributed by atoms with E-state index in [0.29, 0.717) is 33.5 Å². The van der Waals surface area contributed by atoms with Crippen molar-refractivity contribution >= 4 is 66.6 Å². The zero-order valence-electron chi connectivity index (χ0n) is 16.0. The first kappa shape index (κ1) is 22.2. The van der Waals surface area contributed by atoms with Gasteiger partial charge in [0.15, 0.2) is 0 Å². The molecule has 0 saturated heterocycles. The molecule has 30 heavy (non-hydrogen) atoms. The molecule has 0 fully saturated rings. The Balaban J connectivity index is 0.000000172. The summed E-state index contributed by atoms with van der Waals surface area (Å²) in [6.07, 6.45) is 0. The summed E-state index contributed by atoms with van der Waals surface area (Å²) in [6.45, 7) is 5.49. The van der Waals surface area contributed by atoms with Gasteiger partial charge < -0.3 is 10.2 Å². The van der Waals surface area contributed by atoms with Gasteiger partial charge in [0, 0.05) is 6.54 Å². The van der Waals surface area contributed by atoms with Gasteiger partial charge in [0.2, 0.25) is 0 Å². The van der Waals surface area contributed by atoms with E-state index in [2.05, 4.69) is 37.2 Å². The summed E-state index contributed by atoms with van der Waals surface area (Å²) in [5.74, 6) is -3.67. The molecule has 6 nitrogen and oxygen atoms in total.